The summed E-state index contributed by atoms with van der Waals surface area (Å²) in [6, 6.07) is 8.40. The number of nitrogen functional groups attached to an aromatic ring is 1. The van der Waals surface area contributed by atoms with Crippen molar-refractivity contribution in [3.8, 4) is 11.5 Å². The van der Waals surface area contributed by atoms with Crippen molar-refractivity contribution in [1.82, 2.24) is 9.88 Å². The van der Waals surface area contributed by atoms with Gasteiger partial charge in [0.1, 0.15) is 11.3 Å². The fourth-order valence-corrected chi connectivity index (χ4v) is 7.66. The van der Waals surface area contributed by atoms with Crippen LogP contribution >= 0.6 is 0 Å². The van der Waals surface area contributed by atoms with Crippen LogP contribution in [0, 0.1) is 11.7 Å². The standard InChI is InChI=1S/C27H26FN3O3/c28-17-3-1-2-15-21(29)16-11-27(33)19-10-14-6-7-18(32)24-20(14)26(27,8-9-31(19)12-13-4-5-13)25(34-24)23(16)30-22(15)17/h1-3,6-7,13,19,25,32-33H,4-5,8-12H2,(H2,29,30)/t19-,25-,26-,27+/m0/s1. The summed E-state index contributed by atoms with van der Waals surface area (Å²) in [5.74, 6) is 0.798. The number of phenols is 1. The van der Waals surface area contributed by atoms with E-state index in [1.54, 1.807) is 18.2 Å². The van der Waals surface area contributed by atoms with Crippen LogP contribution in [0.4, 0.5) is 10.1 Å². The lowest BCUT2D eigenvalue weighted by atomic mass is 9.48. The van der Waals surface area contributed by atoms with E-state index in [1.165, 1.54) is 18.9 Å². The summed E-state index contributed by atoms with van der Waals surface area (Å²) in [5, 5.41) is 24.1. The number of nitrogens with zero attached hydrogens (tertiary/aromatic N) is 2. The molecule has 1 saturated carbocycles. The third-order valence-corrected chi connectivity index (χ3v) is 9.35. The Hall–Kier alpha value is -2.90. The second-order valence-corrected chi connectivity index (χ2v) is 11.0. The zero-order valence-electron chi connectivity index (χ0n) is 18.7. The molecule has 5 aliphatic rings. The number of halogens is 1. The van der Waals surface area contributed by atoms with Gasteiger partial charge in [-0.2, -0.15) is 0 Å². The molecule has 2 fully saturated rings. The predicted octanol–water partition coefficient (Wildman–Crippen LogP) is 3.36. The Morgan fingerprint density at radius 1 is 1.24 bits per heavy atom. The van der Waals surface area contributed by atoms with Gasteiger partial charge in [0.05, 0.1) is 16.7 Å². The van der Waals surface area contributed by atoms with Crippen molar-refractivity contribution in [1.29, 1.82) is 0 Å². The van der Waals surface area contributed by atoms with Gasteiger partial charge in [0.25, 0.3) is 0 Å². The minimum atomic E-state index is -1.12. The number of ether oxygens (including phenoxy) is 1. The SMILES string of the molecule is Nc1c2c(nc3c(F)cccc13)[C@@H]1Oc3c(O)ccc4c3[C@@]13CCN(CC1CC1)[C@@H](C4)[C@]3(O)C2. The van der Waals surface area contributed by atoms with Crippen molar-refractivity contribution in [2.45, 2.75) is 55.3 Å². The smallest absolute Gasteiger partial charge is 0.166 e. The van der Waals surface area contributed by atoms with E-state index in [0.29, 0.717) is 47.7 Å². The van der Waals surface area contributed by atoms with E-state index in [1.807, 2.05) is 6.07 Å². The fourth-order valence-electron chi connectivity index (χ4n) is 7.66. The monoisotopic (exact) mass is 459 g/mol. The molecule has 4 atom stereocenters. The van der Waals surface area contributed by atoms with E-state index >= 15 is 0 Å². The van der Waals surface area contributed by atoms with Crippen LogP contribution in [0.2, 0.25) is 0 Å². The van der Waals surface area contributed by atoms with Crippen LogP contribution in [0.25, 0.3) is 10.9 Å². The lowest BCUT2D eigenvalue weighted by Crippen LogP contribution is -2.74. The predicted molar refractivity (Wildman–Crippen MR) is 124 cm³/mol. The third-order valence-electron chi connectivity index (χ3n) is 9.35. The van der Waals surface area contributed by atoms with Gasteiger partial charge < -0.3 is 20.7 Å². The van der Waals surface area contributed by atoms with Crippen LogP contribution in [0.15, 0.2) is 30.3 Å². The van der Waals surface area contributed by atoms with E-state index in [2.05, 4.69) is 4.90 Å². The zero-order chi connectivity index (χ0) is 23.0. The molecule has 34 heavy (non-hydrogen) atoms. The maximum atomic E-state index is 14.8. The highest BCUT2D eigenvalue weighted by Crippen LogP contribution is 2.69. The molecule has 3 heterocycles. The van der Waals surface area contributed by atoms with Gasteiger partial charge in [-0.1, -0.05) is 18.2 Å². The van der Waals surface area contributed by atoms with Gasteiger partial charge in [0, 0.05) is 41.2 Å². The summed E-state index contributed by atoms with van der Waals surface area (Å²) < 4.78 is 21.3. The minimum absolute atomic E-state index is 0.0743. The van der Waals surface area contributed by atoms with E-state index in [9.17, 15) is 14.6 Å². The van der Waals surface area contributed by atoms with Crippen molar-refractivity contribution in [3.05, 3.63) is 58.5 Å². The van der Waals surface area contributed by atoms with Crippen LogP contribution in [-0.4, -0.2) is 44.8 Å². The highest BCUT2D eigenvalue weighted by Gasteiger charge is 2.73. The number of aromatic hydroxyl groups is 1. The first-order valence-corrected chi connectivity index (χ1v) is 12.3. The second-order valence-electron chi connectivity index (χ2n) is 11.0. The molecular weight excluding hydrogens is 433 g/mol. The molecule has 2 aromatic carbocycles. The average molecular weight is 460 g/mol. The van der Waals surface area contributed by atoms with Gasteiger partial charge in [0.15, 0.2) is 17.6 Å². The number of rotatable bonds is 2. The van der Waals surface area contributed by atoms with Crippen LogP contribution in [-0.2, 0) is 18.3 Å². The molecule has 1 spiro atoms. The molecule has 1 saturated heterocycles. The molecule has 0 radical (unpaired) electrons. The molecule has 3 aliphatic carbocycles. The molecule has 174 valence electrons. The topological polar surface area (TPSA) is 91.8 Å². The Labute approximate surface area is 196 Å². The molecule has 8 rings (SSSR count). The Morgan fingerprint density at radius 2 is 2.09 bits per heavy atom. The molecule has 6 nitrogen and oxygen atoms in total. The number of benzene rings is 2. The number of pyridine rings is 1. The molecular formula is C27H26FN3O3. The van der Waals surface area contributed by atoms with E-state index in [0.717, 1.165) is 29.8 Å². The first kappa shape index (κ1) is 19.4. The molecule has 7 heteroatoms. The lowest BCUT2D eigenvalue weighted by Gasteiger charge is -2.63. The normalized spacial score (nSPS) is 32.9. The number of likely N-dealkylation sites (tertiary alicyclic amines) is 1. The number of hydrogen-bond acceptors (Lipinski definition) is 6. The van der Waals surface area contributed by atoms with E-state index in [-0.39, 0.29) is 17.3 Å². The van der Waals surface area contributed by atoms with Gasteiger partial charge in [-0.25, -0.2) is 9.37 Å². The number of anilines is 1. The van der Waals surface area contributed by atoms with Crippen molar-refractivity contribution in [2.75, 3.05) is 18.8 Å². The summed E-state index contributed by atoms with van der Waals surface area (Å²) in [6.45, 7) is 1.85. The Morgan fingerprint density at radius 3 is 2.91 bits per heavy atom. The van der Waals surface area contributed by atoms with Crippen LogP contribution in [0.5, 0.6) is 11.5 Å². The molecule has 0 amide bonds. The van der Waals surface area contributed by atoms with Crippen molar-refractivity contribution < 1.29 is 19.3 Å². The number of fused-ring (bicyclic) bond motifs is 3. The highest BCUT2D eigenvalue weighted by atomic mass is 19.1. The Bertz CT molecular complexity index is 1420. The molecule has 1 aromatic heterocycles. The van der Waals surface area contributed by atoms with Gasteiger partial charge >= 0.3 is 0 Å². The number of piperidine rings is 1. The third kappa shape index (κ3) is 2.08. The average Bonchev–Trinajstić information content (AvgIpc) is 3.55. The van der Waals surface area contributed by atoms with Gasteiger partial charge in [-0.05, 0) is 55.8 Å². The Balaban J connectivity index is 1.43. The van der Waals surface area contributed by atoms with Crippen molar-refractivity contribution in [2.24, 2.45) is 5.92 Å². The van der Waals surface area contributed by atoms with Crippen LogP contribution in [0.3, 0.4) is 0 Å². The van der Waals surface area contributed by atoms with Crippen molar-refractivity contribution >= 4 is 16.6 Å². The Kier molecular flexibility index (Phi) is 3.43. The number of para-hydroxylation sites is 1. The van der Waals surface area contributed by atoms with E-state index < -0.39 is 22.9 Å². The molecule has 0 unspecified atom stereocenters. The quantitative estimate of drug-likeness (QED) is 0.544. The summed E-state index contributed by atoms with van der Waals surface area (Å²) in [7, 11) is 0. The number of aliphatic hydroxyl groups is 1. The molecule has 2 bridgehead atoms. The summed E-state index contributed by atoms with van der Waals surface area (Å²) in [5.41, 5.74) is 8.85. The first-order chi connectivity index (χ1) is 16.4. The van der Waals surface area contributed by atoms with Gasteiger partial charge in [0.2, 0.25) is 0 Å². The number of hydrogen-bond donors (Lipinski definition) is 3. The van der Waals surface area contributed by atoms with Gasteiger partial charge in [-0.3, -0.25) is 4.90 Å². The van der Waals surface area contributed by atoms with Crippen LogP contribution < -0.4 is 10.5 Å². The number of phenolic OH excluding ortho intramolecular Hbond substituents is 1. The minimum Gasteiger partial charge on any atom is -0.504 e. The van der Waals surface area contributed by atoms with Gasteiger partial charge in [-0.15, -0.1) is 0 Å². The zero-order valence-corrected chi connectivity index (χ0v) is 18.7. The van der Waals surface area contributed by atoms with Crippen LogP contribution in [0.1, 0.15) is 47.8 Å². The fraction of sp³-hybridized carbons (Fsp3) is 0.444. The molecule has 3 aromatic rings. The second kappa shape index (κ2) is 6.01. The maximum Gasteiger partial charge on any atom is 0.166 e. The highest BCUT2D eigenvalue weighted by molar-refractivity contribution is 5.93. The lowest BCUT2D eigenvalue weighted by molar-refractivity contribution is -0.173. The number of nitrogens with two attached hydrogens (primary N) is 1. The largest absolute Gasteiger partial charge is 0.504 e. The summed E-state index contributed by atoms with van der Waals surface area (Å²) in [6.07, 6.45) is 3.62. The maximum absolute atomic E-state index is 14.8. The molecule has 2 aliphatic heterocycles. The molecule has 4 N–H and O–H groups in total. The van der Waals surface area contributed by atoms with E-state index in [4.69, 9.17) is 15.5 Å². The first-order valence-electron chi connectivity index (χ1n) is 12.3. The number of aromatic nitrogens is 1. The van der Waals surface area contributed by atoms with Crippen molar-refractivity contribution in [3.63, 3.8) is 0 Å². The summed E-state index contributed by atoms with van der Waals surface area (Å²) in [4.78, 5) is 7.26. The summed E-state index contributed by atoms with van der Waals surface area (Å²) >= 11 is 0.